The zero-order chi connectivity index (χ0) is 49.8. The summed E-state index contributed by atoms with van der Waals surface area (Å²) in [5.74, 6) is 0.370. The molecule has 4 atom stereocenters. The van der Waals surface area contributed by atoms with Gasteiger partial charge < -0.3 is 64.6 Å². The Morgan fingerprint density at radius 2 is 1.23 bits per heavy atom. The van der Waals surface area contributed by atoms with E-state index in [1.165, 1.54) is 11.6 Å². The minimum Gasteiger partial charge on any atom is -0.377 e. The van der Waals surface area contributed by atoms with Crippen LogP contribution in [0.4, 0.5) is 4.79 Å². The fourth-order valence-electron chi connectivity index (χ4n) is 8.29. The van der Waals surface area contributed by atoms with Crippen molar-refractivity contribution < 1.29 is 57.1 Å². The third kappa shape index (κ3) is 21.0. The van der Waals surface area contributed by atoms with Gasteiger partial charge in [0.25, 0.3) is 11.8 Å². The van der Waals surface area contributed by atoms with Crippen LogP contribution in [0.3, 0.4) is 0 Å². The zero-order valence-corrected chi connectivity index (χ0v) is 42.5. The SMILES string of the molecule is CC(C)C(NC(=O)c1cccc(C(=O)NCCOCCOCCOCCOCCOCCOCCOCCNC(=O)CCCC[C@@H]2SC[C@@H]3NC(=O)N[C@@H]32)c1)C(=O)N1CCC(c2ccc(Cl)cc2)CC1. The van der Waals surface area contributed by atoms with E-state index in [0.717, 1.165) is 37.9 Å². The van der Waals surface area contributed by atoms with Gasteiger partial charge in [-0.15, -0.1) is 0 Å². The van der Waals surface area contributed by atoms with Gasteiger partial charge in [0, 0.05) is 59.8 Å². The molecule has 1 unspecified atom stereocenters. The van der Waals surface area contributed by atoms with Crippen molar-refractivity contribution >= 4 is 53.0 Å². The van der Waals surface area contributed by atoms with E-state index >= 15 is 0 Å². The number of likely N-dealkylation sites (tertiary alicyclic amines) is 1. The molecule has 3 aliphatic heterocycles. The van der Waals surface area contributed by atoms with Crippen LogP contribution in [-0.2, 0) is 42.7 Å². The van der Waals surface area contributed by atoms with Gasteiger partial charge in [-0.1, -0.05) is 50.1 Å². The summed E-state index contributed by atoms with van der Waals surface area (Å²) in [6, 6.07) is 14.0. The maximum atomic E-state index is 13.6. The minimum absolute atomic E-state index is 0.0302. The molecular formula is C50H75ClN6O12S. The van der Waals surface area contributed by atoms with Crippen LogP contribution < -0.4 is 26.6 Å². The van der Waals surface area contributed by atoms with Gasteiger partial charge in [0.1, 0.15) is 6.04 Å². The Morgan fingerprint density at radius 1 is 0.700 bits per heavy atom. The molecule has 0 bridgehead atoms. The molecule has 0 aromatic heterocycles. The number of urea groups is 1. The summed E-state index contributed by atoms with van der Waals surface area (Å²) in [7, 11) is 0. The first-order valence-electron chi connectivity index (χ1n) is 24.8. The molecule has 390 valence electrons. The standard InChI is InChI=1S/C50H75ClN6O12S/c1-36(2)45(49(61)57-18-14-38(15-19-57)37-10-12-41(51)13-11-37)55-48(60)40-7-5-6-39(34-40)47(59)53-17-21-64-23-25-66-27-29-68-31-33-69-32-30-67-28-26-65-24-22-63-20-16-52-44(58)9-4-3-8-43-46-42(35-70-43)54-50(62)56-46/h5-7,10-13,34,36,38,42-43,45-46H,3-4,8-9,14-33,35H2,1-2H3,(H,52,58)(H,53,59)(H,55,60)(H2,54,56,62)/t42-,43-,45?,46-/m0/s1. The highest BCUT2D eigenvalue weighted by molar-refractivity contribution is 8.00. The van der Waals surface area contributed by atoms with Gasteiger partial charge >= 0.3 is 6.03 Å². The van der Waals surface area contributed by atoms with Crippen molar-refractivity contribution in [3.8, 4) is 0 Å². The van der Waals surface area contributed by atoms with Gasteiger partial charge in [0.15, 0.2) is 0 Å². The minimum atomic E-state index is -0.693. The van der Waals surface area contributed by atoms with Crippen LogP contribution in [0.25, 0.3) is 0 Å². The molecule has 2 aromatic rings. The summed E-state index contributed by atoms with van der Waals surface area (Å²) in [4.78, 5) is 65.2. The number of piperidine rings is 1. The molecule has 3 saturated heterocycles. The van der Waals surface area contributed by atoms with Crippen molar-refractivity contribution in [1.82, 2.24) is 31.5 Å². The molecule has 0 spiro atoms. The topological polar surface area (TPSA) is 213 Å². The van der Waals surface area contributed by atoms with Crippen LogP contribution in [0.5, 0.6) is 0 Å². The number of unbranched alkanes of at least 4 members (excludes halogenated alkanes) is 1. The number of fused-ring (bicyclic) bond motifs is 1. The maximum absolute atomic E-state index is 13.6. The summed E-state index contributed by atoms with van der Waals surface area (Å²) in [5.41, 5.74) is 1.85. The van der Waals surface area contributed by atoms with Gasteiger partial charge in [-0.2, -0.15) is 11.8 Å². The smallest absolute Gasteiger partial charge is 0.315 e. The van der Waals surface area contributed by atoms with Gasteiger partial charge in [-0.25, -0.2) is 4.79 Å². The normalized spacial score (nSPS) is 18.3. The van der Waals surface area contributed by atoms with Crippen molar-refractivity contribution in [1.29, 1.82) is 0 Å². The first kappa shape index (κ1) is 56.9. The Labute approximate surface area is 422 Å². The van der Waals surface area contributed by atoms with Crippen molar-refractivity contribution in [2.75, 3.05) is 124 Å². The summed E-state index contributed by atoms with van der Waals surface area (Å²) in [6.07, 6.45) is 4.96. The van der Waals surface area contributed by atoms with E-state index in [2.05, 4.69) is 26.6 Å². The van der Waals surface area contributed by atoms with E-state index in [-0.39, 0.29) is 48.3 Å². The number of carbonyl (C=O) groups excluding carboxylic acids is 5. The van der Waals surface area contributed by atoms with Gasteiger partial charge in [-0.3, -0.25) is 19.2 Å². The fourth-order valence-corrected chi connectivity index (χ4v) is 9.96. The molecule has 6 amide bonds. The lowest BCUT2D eigenvalue weighted by molar-refractivity contribution is -0.135. The van der Waals surface area contributed by atoms with Crippen molar-refractivity contribution in [3.63, 3.8) is 0 Å². The molecule has 0 radical (unpaired) electrons. The second-order valence-corrected chi connectivity index (χ2v) is 19.4. The first-order chi connectivity index (χ1) is 34.1. The van der Waals surface area contributed by atoms with Crippen molar-refractivity contribution in [2.24, 2.45) is 5.92 Å². The number of carbonyl (C=O) groups is 5. The Balaban J connectivity index is 0.752. The second kappa shape index (κ2) is 32.8. The highest BCUT2D eigenvalue weighted by Gasteiger charge is 2.42. The quantitative estimate of drug-likeness (QED) is 0.0485. The average molecular weight is 1020 g/mol. The molecule has 0 saturated carbocycles. The van der Waals surface area contributed by atoms with Crippen LogP contribution in [0.15, 0.2) is 48.5 Å². The van der Waals surface area contributed by atoms with E-state index in [9.17, 15) is 24.0 Å². The summed E-state index contributed by atoms with van der Waals surface area (Å²) in [6.45, 7) is 11.6. The molecule has 70 heavy (non-hydrogen) atoms. The molecule has 0 aliphatic carbocycles. The van der Waals surface area contributed by atoms with Crippen molar-refractivity contribution in [2.45, 2.75) is 81.7 Å². The van der Waals surface area contributed by atoms with Crippen LogP contribution in [0.1, 0.15) is 84.6 Å². The Kier molecular flexibility index (Phi) is 26.7. The first-order valence-corrected chi connectivity index (χ1v) is 26.2. The van der Waals surface area contributed by atoms with E-state index in [1.54, 1.807) is 18.2 Å². The maximum Gasteiger partial charge on any atom is 0.315 e. The number of hydrogen-bond donors (Lipinski definition) is 5. The number of rotatable bonds is 35. The van der Waals surface area contributed by atoms with E-state index in [1.807, 2.05) is 54.8 Å². The lowest BCUT2D eigenvalue weighted by atomic mass is 9.89. The molecule has 5 rings (SSSR count). The average Bonchev–Trinajstić information content (AvgIpc) is 3.93. The molecule has 3 aliphatic rings. The number of halogens is 1. The van der Waals surface area contributed by atoms with Crippen LogP contribution in [-0.4, -0.2) is 182 Å². The van der Waals surface area contributed by atoms with Crippen molar-refractivity contribution in [3.05, 3.63) is 70.2 Å². The number of hydrogen-bond acceptors (Lipinski definition) is 13. The molecule has 3 heterocycles. The molecule has 20 heteroatoms. The lowest BCUT2D eigenvalue weighted by Gasteiger charge is -2.35. The molecule has 2 aromatic carbocycles. The third-order valence-electron chi connectivity index (χ3n) is 12.2. The molecular weight excluding hydrogens is 944 g/mol. The third-order valence-corrected chi connectivity index (χ3v) is 13.9. The van der Waals surface area contributed by atoms with Gasteiger partial charge in [0.2, 0.25) is 11.8 Å². The van der Waals surface area contributed by atoms with Crippen LogP contribution in [0, 0.1) is 5.92 Å². The Morgan fingerprint density at radius 3 is 1.79 bits per heavy atom. The molecule has 5 N–H and O–H groups in total. The number of benzene rings is 2. The predicted octanol–water partition coefficient (Wildman–Crippen LogP) is 4.19. The number of ether oxygens (including phenoxy) is 7. The molecule has 3 fully saturated rings. The monoisotopic (exact) mass is 1020 g/mol. The summed E-state index contributed by atoms with van der Waals surface area (Å²) in [5, 5.41) is 15.7. The summed E-state index contributed by atoms with van der Waals surface area (Å²) < 4.78 is 38.7. The fraction of sp³-hybridized carbons (Fsp3) is 0.660. The highest BCUT2D eigenvalue weighted by Crippen LogP contribution is 2.33. The van der Waals surface area contributed by atoms with Gasteiger partial charge in [-0.05, 0) is 73.4 Å². The number of amides is 6. The largest absolute Gasteiger partial charge is 0.377 e. The van der Waals surface area contributed by atoms with Crippen LogP contribution >= 0.6 is 23.4 Å². The van der Waals surface area contributed by atoms with Crippen LogP contribution in [0.2, 0.25) is 5.02 Å². The predicted molar refractivity (Wildman–Crippen MR) is 268 cm³/mol. The van der Waals surface area contributed by atoms with E-state index in [4.69, 9.17) is 44.8 Å². The number of nitrogens with zero attached hydrogens (tertiary/aromatic N) is 1. The number of thioether (sulfide) groups is 1. The number of nitrogens with one attached hydrogen (secondary N) is 5. The highest BCUT2D eigenvalue weighted by atomic mass is 35.5. The Hall–Kier alpha value is -4.05. The molecule has 18 nitrogen and oxygen atoms in total. The van der Waals surface area contributed by atoms with Gasteiger partial charge in [0.05, 0.1) is 105 Å². The lowest BCUT2D eigenvalue weighted by Crippen LogP contribution is -2.52. The van der Waals surface area contributed by atoms with E-state index < -0.39 is 11.9 Å². The second-order valence-electron chi connectivity index (χ2n) is 17.7. The summed E-state index contributed by atoms with van der Waals surface area (Å²) >= 11 is 7.95. The zero-order valence-electron chi connectivity index (χ0n) is 40.9. The Bertz CT molecular complexity index is 1880. The van der Waals surface area contributed by atoms with E-state index in [0.29, 0.717) is 146 Å².